The molecule has 0 bridgehead atoms. The quantitative estimate of drug-likeness (QED) is 0.512. The maximum atomic E-state index is 12.2. The van der Waals surface area contributed by atoms with Crippen LogP contribution in [0, 0.1) is 10.1 Å². The summed E-state index contributed by atoms with van der Waals surface area (Å²) in [5, 5.41) is 17.3. The van der Waals surface area contributed by atoms with Crippen molar-refractivity contribution in [3.05, 3.63) is 52.1 Å². The van der Waals surface area contributed by atoms with E-state index in [9.17, 15) is 18.5 Å². The molecule has 0 aromatic heterocycles. The fraction of sp³-hybridized carbons (Fsp3) is 0.235. The van der Waals surface area contributed by atoms with E-state index >= 15 is 0 Å². The van der Waals surface area contributed by atoms with Crippen LogP contribution in [0.1, 0.15) is 5.56 Å². The number of amidine groups is 1. The number of hydrogen-bond donors (Lipinski definition) is 3. The Balaban J connectivity index is 2.07. The molecule has 3 rings (SSSR count). The molecule has 0 unspecified atom stereocenters. The van der Waals surface area contributed by atoms with Gasteiger partial charge in [0.25, 0.3) is 5.69 Å². The van der Waals surface area contributed by atoms with Crippen LogP contribution in [0.5, 0.6) is 0 Å². The van der Waals surface area contributed by atoms with E-state index in [2.05, 4.69) is 20.3 Å². The summed E-state index contributed by atoms with van der Waals surface area (Å²) in [5.41, 5.74) is 2.43. The lowest BCUT2D eigenvalue weighted by Crippen LogP contribution is -2.24. The number of sulfonamides is 1. The lowest BCUT2D eigenvalue weighted by Gasteiger charge is -2.23. The summed E-state index contributed by atoms with van der Waals surface area (Å²) in [6.45, 7) is 0.291. The van der Waals surface area contributed by atoms with Crippen molar-refractivity contribution in [1.29, 1.82) is 0 Å². The Hall–Kier alpha value is -3.18. The Morgan fingerprint density at radius 3 is 2.61 bits per heavy atom. The van der Waals surface area contributed by atoms with E-state index < -0.39 is 14.9 Å². The van der Waals surface area contributed by atoms with Gasteiger partial charge in [0.15, 0.2) is 0 Å². The number of benzene rings is 2. The van der Waals surface area contributed by atoms with Crippen molar-refractivity contribution in [2.24, 2.45) is 4.99 Å². The van der Waals surface area contributed by atoms with Gasteiger partial charge >= 0.3 is 0 Å². The molecular formula is C17H20N6O4S. The number of nitro groups is 1. The van der Waals surface area contributed by atoms with Crippen molar-refractivity contribution in [3.8, 4) is 0 Å². The van der Waals surface area contributed by atoms with Gasteiger partial charge in [-0.25, -0.2) is 18.1 Å². The average molecular weight is 404 g/mol. The van der Waals surface area contributed by atoms with Crippen LogP contribution in [0.4, 0.5) is 22.7 Å². The van der Waals surface area contributed by atoms with Gasteiger partial charge in [-0.1, -0.05) is 0 Å². The predicted octanol–water partition coefficient (Wildman–Crippen LogP) is 1.81. The van der Waals surface area contributed by atoms with Crippen LogP contribution < -0.4 is 20.3 Å². The lowest BCUT2D eigenvalue weighted by molar-refractivity contribution is -0.384. The van der Waals surface area contributed by atoms with Crippen LogP contribution in [-0.4, -0.2) is 47.0 Å². The van der Waals surface area contributed by atoms with Crippen molar-refractivity contribution in [2.45, 2.75) is 4.90 Å². The summed E-state index contributed by atoms with van der Waals surface area (Å²) in [6.07, 6.45) is 0. The monoisotopic (exact) mass is 404 g/mol. The van der Waals surface area contributed by atoms with E-state index in [1.165, 1.54) is 31.3 Å². The third-order valence-electron chi connectivity index (χ3n) is 4.26. The van der Waals surface area contributed by atoms with Crippen LogP contribution in [0.25, 0.3) is 0 Å². The molecular weight excluding hydrogens is 384 g/mol. The van der Waals surface area contributed by atoms with Crippen molar-refractivity contribution in [1.82, 2.24) is 4.72 Å². The first kappa shape index (κ1) is 19.6. The molecule has 11 heteroatoms. The van der Waals surface area contributed by atoms with Gasteiger partial charge in [-0.3, -0.25) is 10.1 Å². The predicted molar refractivity (Wildman–Crippen MR) is 109 cm³/mol. The topological polar surface area (TPSA) is 129 Å². The summed E-state index contributed by atoms with van der Waals surface area (Å²) in [5.74, 6) is 0.416. The van der Waals surface area contributed by atoms with Gasteiger partial charge < -0.3 is 15.5 Å². The zero-order valence-corrected chi connectivity index (χ0v) is 16.4. The molecule has 0 fully saturated rings. The van der Waals surface area contributed by atoms with Gasteiger partial charge in [-0.2, -0.15) is 0 Å². The van der Waals surface area contributed by atoms with Crippen molar-refractivity contribution in [2.75, 3.05) is 43.3 Å². The minimum absolute atomic E-state index is 0.0590. The molecule has 1 aliphatic heterocycles. The summed E-state index contributed by atoms with van der Waals surface area (Å²) < 4.78 is 26.6. The van der Waals surface area contributed by atoms with Crippen molar-refractivity contribution >= 4 is 38.6 Å². The molecule has 148 valence electrons. The Labute approximate surface area is 162 Å². The molecule has 0 radical (unpaired) electrons. The molecule has 0 amide bonds. The summed E-state index contributed by atoms with van der Waals surface area (Å²) >= 11 is 0. The first-order chi connectivity index (χ1) is 13.2. The van der Waals surface area contributed by atoms with Crippen molar-refractivity contribution < 1.29 is 13.3 Å². The molecule has 0 saturated heterocycles. The molecule has 3 N–H and O–H groups in total. The Kier molecular flexibility index (Phi) is 5.21. The highest BCUT2D eigenvalue weighted by atomic mass is 32.2. The summed E-state index contributed by atoms with van der Waals surface area (Å²) in [6, 6.07) is 9.16. The summed E-state index contributed by atoms with van der Waals surface area (Å²) in [7, 11) is 1.37. The molecule has 0 aliphatic carbocycles. The van der Waals surface area contributed by atoms with Crippen molar-refractivity contribution in [3.63, 3.8) is 0 Å². The number of rotatable bonds is 5. The largest absolute Gasteiger partial charge is 0.376 e. The Morgan fingerprint density at radius 1 is 1.21 bits per heavy atom. The molecule has 0 saturated carbocycles. The number of anilines is 3. The average Bonchev–Trinajstić information content (AvgIpc) is 2.67. The molecule has 0 spiro atoms. The van der Waals surface area contributed by atoms with Crippen LogP contribution in [0.2, 0.25) is 0 Å². The van der Waals surface area contributed by atoms with Crippen LogP contribution >= 0.6 is 0 Å². The summed E-state index contributed by atoms with van der Waals surface area (Å²) in [4.78, 5) is 16.9. The van der Waals surface area contributed by atoms with Crippen LogP contribution in [-0.2, 0) is 10.0 Å². The van der Waals surface area contributed by atoms with E-state index in [0.29, 0.717) is 29.4 Å². The highest BCUT2D eigenvalue weighted by Crippen LogP contribution is 2.31. The first-order valence-electron chi connectivity index (χ1n) is 8.32. The van der Waals surface area contributed by atoms with E-state index in [-0.39, 0.29) is 10.6 Å². The third-order valence-corrected chi connectivity index (χ3v) is 5.67. The minimum atomic E-state index is -3.63. The fourth-order valence-electron chi connectivity index (χ4n) is 2.81. The van der Waals surface area contributed by atoms with E-state index in [1.807, 2.05) is 19.0 Å². The standard InChI is InChI=1S/C17H20N6O4S/c1-18-28(26,27)12-5-7-16(22(2)3)15(9-12)21-17-13-8-11(23(24)25)4-6-14(13)19-10-20-17/h4-9,18-19H,10H2,1-3H3,(H,20,21). The van der Waals surface area contributed by atoms with Crippen LogP contribution in [0.3, 0.4) is 0 Å². The third kappa shape index (κ3) is 3.75. The highest BCUT2D eigenvalue weighted by Gasteiger charge is 2.21. The zero-order chi connectivity index (χ0) is 20.5. The second-order valence-electron chi connectivity index (χ2n) is 6.23. The molecule has 1 aliphatic rings. The molecule has 2 aromatic rings. The van der Waals surface area contributed by atoms with Gasteiger partial charge in [-0.05, 0) is 31.3 Å². The SMILES string of the molecule is CNS(=O)(=O)c1ccc(N(C)C)c(NC2=NCNc3ccc([N+](=O)[O-])cc32)c1. The maximum absolute atomic E-state index is 12.2. The molecule has 10 nitrogen and oxygen atoms in total. The van der Waals surface area contributed by atoms with Gasteiger partial charge in [0.1, 0.15) is 12.5 Å². The van der Waals surface area contributed by atoms with Gasteiger partial charge in [0, 0.05) is 37.5 Å². The molecule has 28 heavy (non-hydrogen) atoms. The number of aliphatic imine (C=N–C) groups is 1. The van der Waals surface area contributed by atoms with E-state index in [0.717, 1.165) is 5.69 Å². The van der Waals surface area contributed by atoms with E-state index in [4.69, 9.17) is 0 Å². The second kappa shape index (κ2) is 7.44. The maximum Gasteiger partial charge on any atom is 0.270 e. The normalized spacial score (nSPS) is 13.2. The highest BCUT2D eigenvalue weighted by molar-refractivity contribution is 7.89. The smallest absolute Gasteiger partial charge is 0.270 e. The lowest BCUT2D eigenvalue weighted by atomic mass is 10.1. The first-order valence-corrected chi connectivity index (χ1v) is 9.80. The molecule has 2 aromatic carbocycles. The number of fused-ring (bicyclic) bond motifs is 1. The van der Waals surface area contributed by atoms with Gasteiger partial charge in [-0.15, -0.1) is 0 Å². The van der Waals surface area contributed by atoms with Gasteiger partial charge in [0.2, 0.25) is 10.0 Å². The Bertz CT molecular complexity index is 1070. The zero-order valence-electron chi connectivity index (χ0n) is 15.6. The molecule has 0 atom stereocenters. The number of nitrogens with zero attached hydrogens (tertiary/aromatic N) is 3. The number of nitrogens with one attached hydrogen (secondary N) is 3. The van der Waals surface area contributed by atoms with Crippen LogP contribution in [0.15, 0.2) is 46.3 Å². The van der Waals surface area contributed by atoms with E-state index in [1.54, 1.807) is 12.1 Å². The number of hydrogen-bond acceptors (Lipinski definition) is 8. The minimum Gasteiger partial charge on any atom is -0.376 e. The number of non-ortho nitro benzene ring substituents is 1. The molecule has 1 heterocycles. The second-order valence-corrected chi connectivity index (χ2v) is 8.12. The fourth-order valence-corrected chi connectivity index (χ4v) is 3.57. The Morgan fingerprint density at radius 2 is 1.96 bits per heavy atom. The number of nitro benzene ring substituents is 1. The van der Waals surface area contributed by atoms with Gasteiger partial charge in [0.05, 0.1) is 21.2 Å².